The SMILES string of the molecule is CC(C)OCC(O)C1=CCCO1. The Balaban J connectivity index is 2.23. The zero-order chi connectivity index (χ0) is 8.97. The highest BCUT2D eigenvalue weighted by atomic mass is 16.5. The molecule has 0 fully saturated rings. The minimum Gasteiger partial charge on any atom is -0.495 e. The maximum Gasteiger partial charge on any atom is 0.134 e. The van der Waals surface area contributed by atoms with E-state index in [-0.39, 0.29) is 6.10 Å². The second kappa shape index (κ2) is 4.48. The molecule has 1 heterocycles. The highest BCUT2D eigenvalue weighted by Gasteiger charge is 2.16. The zero-order valence-electron chi connectivity index (χ0n) is 7.62. The molecule has 0 spiro atoms. The van der Waals surface area contributed by atoms with Gasteiger partial charge < -0.3 is 14.6 Å². The van der Waals surface area contributed by atoms with Crippen LogP contribution in [0.25, 0.3) is 0 Å². The van der Waals surface area contributed by atoms with Crippen molar-refractivity contribution in [3.63, 3.8) is 0 Å². The van der Waals surface area contributed by atoms with E-state index in [0.29, 0.717) is 19.0 Å². The molecule has 70 valence electrons. The number of rotatable bonds is 4. The lowest BCUT2D eigenvalue weighted by atomic mass is 10.3. The summed E-state index contributed by atoms with van der Waals surface area (Å²) in [6.45, 7) is 4.89. The molecule has 1 aliphatic heterocycles. The Morgan fingerprint density at radius 2 is 2.42 bits per heavy atom. The van der Waals surface area contributed by atoms with Gasteiger partial charge >= 0.3 is 0 Å². The molecule has 0 saturated heterocycles. The van der Waals surface area contributed by atoms with E-state index in [1.165, 1.54) is 0 Å². The van der Waals surface area contributed by atoms with Crippen LogP contribution < -0.4 is 0 Å². The fourth-order valence-corrected chi connectivity index (χ4v) is 1.03. The smallest absolute Gasteiger partial charge is 0.134 e. The summed E-state index contributed by atoms with van der Waals surface area (Å²) >= 11 is 0. The average Bonchev–Trinajstić information content (AvgIpc) is 2.51. The molecule has 0 bridgehead atoms. The normalized spacial score (nSPS) is 19.2. The monoisotopic (exact) mass is 172 g/mol. The zero-order valence-corrected chi connectivity index (χ0v) is 7.62. The maximum absolute atomic E-state index is 9.48. The van der Waals surface area contributed by atoms with Crippen LogP contribution in [0.1, 0.15) is 20.3 Å². The van der Waals surface area contributed by atoms with Crippen molar-refractivity contribution in [3.8, 4) is 0 Å². The van der Waals surface area contributed by atoms with Crippen molar-refractivity contribution < 1.29 is 14.6 Å². The molecule has 1 atom stereocenters. The number of hydrogen-bond donors (Lipinski definition) is 1. The van der Waals surface area contributed by atoms with Crippen molar-refractivity contribution in [3.05, 3.63) is 11.8 Å². The van der Waals surface area contributed by atoms with Crippen LogP contribution in [0, 0.1) is 0 Å². The number of hydrogen-bond acceptors (Lipinski definition) is 3. The highest BCUT2D eigenvalue weighted by Crippen LogP contribution is 2.13. The fraction of sp³-hybridized carbons (Fsp3) is 0.778. The van der Waals surface area contributed by atoms with E-state index >= 15 is 0 Å². The van der Waals surface area contributed by atoms with Crippen LogP contribution in [0.15, 0.2) is 11.8 Å². The van der Waals surface area contributed by atoms with Crippen molar-refractivity contribution >= 4 is 0 Å². The fourth-order valence-electron chi connectivity index (χ4n) is 1.03. The molecule has 1 aliphatic rings. The number of aliphatic hydroxyl groups is 1. The van der Waals surface area contributed by atoms with Gasteiger partial charge in [-0.15, -0.1) is 0 Å². The van der Waals surface area contributed by atoms with E-state index in [9.17, 15) is 5.11 Å². The van der Waals surface area contributed by atoms with Crippen LogP contribution in [0.4, 0.5) is 0 Å². The van der Waals surface area contributed by atoms with Gasteiger partial charge in [-0.1, -0.05) is 0 Å². The van der Waals surface area contributed by atoms with E-state index in [0.717, 1.165) is 6.42 Å². The van der Waals surface area contributed by atoms with Gasteiger partial charge in [-0.2, -0.15) is 0 Å². The Labute approximate surface area is 73.0 Å². The van der Waals surface area contributed by atoms with E-state index in [2.05, 4.69) is 0 Å². The molecule has 0 radical (unpaired) electrons. The Hall–Kier alpha value is -0.540. The van der Waals surface area contributed by atoms with Gasteiger partial charge in [0.2, 0.25) is 0 Å². The summed E-state index contributed by atoms with van der Waals surface area (Å²) in [4.78, 5) is 0. The lowest BCUT2D eigenvalue weighted by Crippen LogP contribution is -2.20. The van der Waals surface area contributed by atoms with Gasteiger partial charge in [0, 0.05) is 6.42 Å². The van der Waals surface area contributed by atoms with Gasteiger partial charge in [-0.3, -0.25) is 0 Å². The molecule has 3 nitrogen and oxygen atoms in total. The van der Waals surface area contributed by atoms with E-state index in [1.54, 1.807) is 0 Å². The molecular formula is C9H16O3. The minimum absolute atomic E-state index is 0.154. The second-order valence-electron chi connectivity index (χ2n) is 3.14. The van der Waals surface area contributed by atoms with Crippen LogP contribution in [0.3, 0.4) is 0 Å². The lowest BCUT2D eigenvalue weighted by Gasteiger charge is -2.14. The molecule has 0 aromatic rings. The van der Waals surface area contributed by atoms with Crippen LogP contribution in [-0.4, -0.2) is 30.5 Å². The average molecular weight is 172 g/mol. The molecule has 1 rings (SSSR count). The predicted octanol–water partition coefficient (Wildman–Crippen LogP) is 1.08. The first-order chi connectivity index (χ1) is 5.70. The Morgan fingerprint density at radius 3 is 2.92 bits per heavy atom. The number of aliphatic hydroxyl groups excluding tert-OH is 1. The Bertz CT molecular complexity index is 163. The quantitative estimate of drug-likeness (QED) is 0.689. The largest absolute Gasteiger partial charge is 0.495 e. The molecule has 0 aromatic heterocycles. The third-order valence-corrected chi connectivity index (χ3v) is 1.65. The summed E-state index contributed by atoms with van der Waals surface area (Å²) < 4.78 is 10.4. The van der Waals surface area contributed by atoms with Crippen molar-refractivity contribution in [1.29, 1.82) is 0 Å². The summed E-state index contributed by atoms with van der Waals surface area (Å²) in [6.07, 6.45) is 2.37. The van der Waals surface area contributed by atoms with E-state index in [1.807, 2.05) is 19.9 Å². The standard InChI is InChI=1S/C9H16O3/c1-7(2)12-6-8(10)9-4-3-5-11-9/h4,7-8,10H,3,5-6H2,1-2H3. The first-order valence-corrected chi connectivity index (χ1v) is 4.32. The third-order valence-electron chi connectivity index (χ3n) is 1.65. The second-order valence-corrected chi connectivity index (χ2v) is 3.14. The molecule has 3 heteroatoms. The maximum atomic E-state index is 9.48. The van der Waals surface area contributed by atoms with Crippen LogP contribution in [-0.2, 0) is 9.47 Å². The van der Waals surface area contributed by atoms with Gasteiger partial charge in [0.15, 0.2) is 0 Å². The van der Waals surface area contributed by atoms with Gasteiger partial charge in [-0.25, -0.2) is 0 Å². The third kappa shape index (κ3) is 2.83. The van der Waals surface area contributed by atoms with Crippen LogP contribution in [0.5, 0.6) is 0 Å². The molecule has 0 saturated carbocycles. The van der Waals surface area contributed by atoms with Crippen molar-refractivity contribution in [2.45, 2.75) is 32.5 Å². The van der Waals surface area contributed by atoms with Crippen molar-refractivity contribution in [2.24, 2.45) is 0 Å². The summed E-state index contributed by atoms with van der Waals surface area (Å²) in [6, 6.07) is 0. The van der Waals surface area contributed by atoms with Gasteiger partial charge in [0.25, 0.3) is 0 Å². The van der Waals surface area contributed by atoms with Crippen LogP contribution in [0.2, 0.25) is 0 Å². The molecule has 12 heavy (non-hydrogen) atoms. The lowest BCUT2D eigenvalue weighted by molar-refractivity contribution is -0.000443. The first kappa shape index (κ1) is 9.55. The molecule has 0 aliphatic carbocycles. The van der Waals surface area contributed by atoms with Crippen molar-refractivity contribution in [1.82, 2.24) is 0 Å². The predicted molar refractivity (Wildman–Crippen MR) is 45.7 cm³/mol. The summed E-state index contributed by atoms with van der Waals surface area (Å²) in [5.74, 6) is 0.663. The summed E-state index contributed by atoms with van der Waals surface area (Å²) in [5.41, 5.74) is 0. The molecule has 0 amide bonds. The minimum atomic E-state index is -0.588. The van der Waals surface area contributed by atoms with E-state index < -0.39 is 6.10 Å². The molecule has 1 N–H and O–H groups in total. The van der Waals surface area contributed by atoms with Crippen LogP contribution >= 0.6 is 0 Å². The van der Waals surface area contributed by atoms with E-state index in [4.69, 9.17) is 9.47 Å². The first-order valence-electron chi connectivity index (χ1n) is 4.32. The Kier molecular flexibility index (Phi) is 3.56. The Morgan fingerprint density at radius 1 is 1.67 bits per heavy atom. The van der Waals surface area contributed by atoms with Gasteiger partial charge in [0.1, 0.15) is 11.9 Å². The van der Waals surface area contributed by atoms with Crippen molar-refractivity contribution in [2.75, 3.05) is 13.2 Å². The highest BCUT2D eigenvalue weighted by molar-refractivity contribution is 5.03. The van der Waals surface area contributed by atoms with Gasteiger partial charge in [-0.05, 0) is 19.9 Å². The molecular weight excluding hydrogens is 156 g/mol. The molecule has 0 aromatic carbocycles. The molecule has 1 unspecified atom stereocenters. The summed E-state index contributed by atoms with van der Waals surface area (Å²) in [5, 5.41) is 9.48. The summed E-state index contributed by atoms with van der Waals surface area (Å²) in [7, 11) is 0. The van der Waals surface area contributed by atoms with Gasteiger partial charge in [0.05, 0.1) is 19.3 Å². The number of ether oxygens (including phenoxy) is 2. The topological polar surface area (TPSA) is 38.7 Å².